The summed E-state index contributed by atoms with van der Waals surface area (Å²) in [6.45, 7) is 2.48. The first kappa shape index (κ1) is 20.0. The molecule has 0 radical (unpaired) electrons. The number of carbonyl (C=O) groups is 2. The number of aryl methyl sites for hydroxylation is 1. The summed E-state index contributed by atoms with van der Waals surface area (Å²) in [5.41, 5.74) is 4.98. The predicted octanol–water partition coefficient (Wildman–Crippen LogP) is 2.67. The molecule has 2 N–H and O–H groups in total. The summed E-state index contributed by atoms with van der Waals surface area (Å²) in [7, 11) is 0. The molecule has 0 aliphatic rings. The first-order valence-electron chi connectivity index (χ1n) is 8.96. The summed E-state index contributed by atoms with van der Waals surface area (Å²) in [4.78, 5) is 28.0. The number of benzene rings is 2. The van der Waals surface area contributed by atoms with Crippen molar-refractivity contribution in [3.8, 4) is 17.1 Å². The fraction of sp³-hybridized carbons (Fsp3) is 0.200. The van der Waals surface area contributed by atoms with Gasteiger partial charge in [0, 0.05) is 18.4 Å². The molecule has 0 spiro atoms. The Labute approximate surface area is 166 Å². The van der Waals surface area contributed by atoms with Crippen molar-refractivity contribution in [1.29, 1.82) is 0 Å². The fourth-order valence-corrected chi connectivity index (χ4v) is 2.46. The van der Waals surface area contributed by atoms with Crippen LogP contribution in [-0.4, -0.2) is 28.6 Å². The molecule has 1 aromatic heterocycles. The molecule has 29 heavy (non-hydrogen) atoms. The van der Waals surface area contributed by atoms with Crippen molar-refractivity contribution in [1.82, 2.24) is 21.0 Å². The summed E-state index contributed by atoms with van der Waals surface area (Å²) in [6.07, 6.45) is 0.188. The van der Waals surface area contributed by atoms with Crippen molar-refractivity contribution in [2.45, 2.75) is 19.8 Å². The molecule has 2 amide bonds. The van der Waals surface area contributed by atoms with Crippen molar-refractivity contribution < 1.29 is 23.2 Å². The second-order valence-electron chi connectivity index (χ2n) is 5.95. The normalized spacial score (nSPS) is 10.4. The van der Waals surface area contributed by atoms with Crippen LogP contribution in [0.3, 0.4) is 0 Å². The summed E-state index contributed by atoms with van der Waals surface area (Å²) in [6, 6.07) is 12.7. The van der Waals surface area contributed by atoms with Gasteiger partial charge in [0.15, 0.2) is 0 Å². The lowest BCUT2D eigenvalue weighted by atomic mass is 10.2. The van der Waals surface area contributed by atoms with Gasteiger partial charge in [-0.15, -0.1) is 0 Å². The van der Waals surface area contributed by atoms with Crippen LogP contribution in [0.15, 0.2) is 53.1 Å². The number of hydrazine groups is 1. The molecule has 0 atom stereocenters. The standard InChI is InChI=1S/C20H19FN4O4/c1-2-28-14-9-7-13(8-10-14)19-22-18(29-25-19)12-11-17(26)23-24-20(27)15-5-3-4-6-16(15)21/h3-10H,2,11-12H2,1H3,(H,23,26)(H,24,27). The van der Waals surface area contributed by atoms with Gasteiger partial charge in [-0.3, -0.25) is 20.4 Å². The zero-order chi connectivity index (χ0) is 20.6. The molecular weight excluding hydrogens is 379 g/mol. The zero-order valence-electron chi connectivity index (χ0n) is 15.6. The number of hydrogen-bond acceptors (Lipinski definition) is 6. The van der Waals surface area contributed by atoms with Crippen LogP contribution in [0.2, 0.25) is 0 Å². The number of ether oxygens (including phenoxy) is 1. The SMILES string of the molecule is CCOc1ccc(-c2noc(CCC(=O)NNC(=O)c3ccccc3F)n2)cc1. The van der Waals surface area contributed by atoms with Gasteiger partial charge in [0.25, 0.3) is 5.91 Å². The maximum Gasteiger partial charge on any atom is 0.272 e. The van der Waals surface area contributed by atoms with Crippen LogP contribution in [0.25, 0.3) is 11.4 Å². The maximum atomic E-state index is 13.5. The van der Waals surface area contributed by atoms with Gasteiger partial charge < -0.3 is 9.26 Å². The van der Waals surface area contributed by atoms with E-state index < -0.39 is 17.6 Å². The van der Waals surface area contributed by atoms with Crippen LogP contribution in [0.5, 0.6) is 5.75 Å². The van der Waals surface area contributed by atoms with Gasteiger partial charge in [-0.25, -0.2) is 4.39 Å². The van der Waals surface area contributed by atoms with Gasteiger partial charge in [-0.1, -0.05) is 17.3 Å². The Morgan fingerprint density at radius 2 is 1.86 bits per heavy atom. The minimum absolute atomic E-state index is 0.00244. The van der Waals surface area contributed by atoms with Crippen LogP contribution in [-0.2, 0) is 11.2 Å². The molecule has 0 bridgehead atoms. The Morgan fingerprint density at radius 1 is 1.10 bits per heavy atom. The third kappa shape index (κ3) is 5.38. The monoisotopic (exact) mass is 398 g/mol. The quantitative estimate of drug-likeness (QED) is 0.593. The highest BCUT2D eigenvalue weighted by Crippen LogP contribution is 2.20. The second kappa shape index (κ2) is 9.45. The minimum Gasteiger partial charge on any atom is -0.494 e. The highest BCUT2D eigenvalue weighted by Gasteiger charge is 2.13. The van der Waals surface area contributed by atoms with Crippen LogP contribution >= 0.6 is 0 Å². The minimum atomic E-state index is -0.743. The smallest absolute Gasteiger partial charge is 0.272 e. The number of nitrogens with one attached hydrogen (secondary N) is 2. The zero-order valence-corrected chi connectivity index (χ0v) is 15.6. The third-order valence-electron chi connectivity index (χ3n) is 3.89. The highest BCUT2D eigenvalue weighted by atomic mass is 19.1. The lowest BCUT2D eigenvalue weighted by molar-refractivity contribution is -0.121. The van der Waals surface area contributed by atoms with Gasteiger partial charge >= 0.3 is 0 Å². The van der Waals surface area contributed by atoms with Gasteiger partial charge in [0.2, 0.25) is 17.6 Å². The van der Waals surface area contributed by atoms with E-state index in [0.29, 0.717) is 12.4 Å². The molecule has 0 saturated carbocycles. The molecule has 0 aliphatic carbocycles. The Hall–Kier alpha value is -3.75. The van der Waals surface area contributed by atoms with E-state index in [4.69, 9.17) is 9.26 Å². The van der Waals surface area contributed by atoms with Crippen molar-refractivity contribution in [2.24, 2.45) is 0 Å². The number of hydrogen-bond donors (Lipinski definition) is 2. The molecule has 0 fully saturated rings. The topological polar surface area (TPSA) is 106 Å². The summed E-state index contributed by atoms with van der Waals surface area (Å²) < 4.78 is 24.1. The van der Waals surface area contributed by atoms with E-state index in [1.807, 2.05) is 19.1 Å². The highest BCUT2D eigenvalue weighted by molar-refractivity contribution is 5.95. The van der Waals surface area contributed by atoms with E-state index in [0.717, 1.165) is 17.4 Å². The Morgan fingerprint density at radius 3 is 2.59 bits per heavy atom. The molecule has 0 unspecified atom stereocenters. The van der Waals surface area contributed by atoms with Gasteiger partial charge in [0.05, 0.1) is 12.2 Å². The van der Waals surface area contributed by atoms with E-state index in [1.54, 1.807) is 12.1 Å². The van der Waals surface area contributed by atoms with Crippen LogP contribution in [0.4, 0.5) is 4.39 Å². The molecule has 0 saturated heterocycles. The van der Waals surface area contributed by atoms with E-state index in [9.17, 15) is 14.0 Å². The van der Waals surface area contributed by atoms with Crippen molar-refractivity contribution in [3.05, 3.63) is 65.8 Å². The lowest BCUT2D eigenvalue weighted by Crippen LogP contribution is -2.42. The van der Waals surface area contributed by atoms with Crippen molar-refractivity contribution in [3.63, 3.8) is 0 Å². The van der Waals surface area contributed by atoms with Gasteiger partial charge in [-0.05, 0) is 43.3 Å². The van der Waals surface area contributed by atoms with Crippen molar-refractivity contribution >= 4 is 11.8 Å². The third-order valence-corrected chi connectivity index (χ3v) is 3.89. The summed E-state index contributed by atoms with van der Waals surface area (Å²) in [5.74, 6) is -0.468. The molecule has 2 aromatic carbocycles. The summed E-state index contributed by atoms with van der Waals surface area (Å²) >= 11 is 0. The van der Waals surface area contributed by atoms with Crippen LogP contribution < -0.4 is 15.6 Å². The van der Waals surface area contributed by atoms with E-state index in [2.05, 4.69) is 21.0 Å². The molecule has 3 rings (SSSR count). The van der Waals surface area contributed by atoms with E-state index in [1.165, 1.54) is 18.2 Å². The van der Waals surface area contributed by atoms with Gasteiger partial charge in [-0.2, -0.15) is 4.98 Å². The maximum absolute atomic E-state index is 13.5. The first-order chi connectivity index (χ1) is 14.1. The average molecular weight is 398 g/mol. The molecule has 150 valence electrons. The first-order valence-corrected chi connectivity index (χ1v) is 8.96. The Kier molecular flexibility index (Phi) is 6.51. The number of carbonyl (C=O) groups excluding carboxylic acids is 2. The average Bonchev–Trinajstić information content (AvgIpc) is 3.21. The fourth-order valence-electron chi connectivity index (χ4n) is 2.46. The molecule has 0 aliphatic heterocycles. The molecule has 8 nitrogen and oxygen atoms in total. The Balaban J connectivity index is 1.48. The predicted molar refractivity (Wildman–Crippen MR) is 101 cm³/mol. The molecular formula is C20H19FN4O4. The lowest BCUT2D eigenvalue weighted by Gasteiger charge is -2.07. The second-order valence-corrected chi connectivity index (χ2v) is 5.95. The molecule has 3 aromatic rings. The number of amides is 2. The van der Waals surface area contributed by atoms with Gasteiger partial charge in [0.1, 0.15) is 11.6 Å². The number of rotatable bonds is 7. The number of aromatic nitrogens is 2. The van der Waals surface area contributed by atoms with Crippen LogP contribution in [0, 0.1) is 5.82 Å². The van der Waals surface area contributed by atoms with E-state index >= 15 is 0 Å². The Bertz CT molecular complexity index is 988. The van der Waals surface area contributed by atoms with Crippen LogP contribution in [0.1, 0.15) is 29.6 Å². The van der Waals surface area contributed by atoms with Crippen molar-refractivity contribution in [2.75, 3.05) is 6.61 Å². The van der Waals surface area contributed by atoms with E-state index in [-0.39, 0.29) is 24.3 Å². The molecule has 9 heteroatoms. The number of halogens is 1. The number of nitrogens with zero attached hydrogens (tertiary/aromatic N) is 2. The molecule has 1 heterocycles. The largest absolute Gasteiger partial charge is 0.494 e. The summed E-state index contributed by atoms with van der Waals surface area (Å²) in [5, 5.41) is 3.89.